The molecule has 0 aliphatic carbocycles. The van der Waals surface area contributed by atoms with Gasteiger partial charge in [0.15, 0.2) is 5.96 Å². The highest BCUT2D eigenvalue weighted by molar-refractivity contribution is 14.0. The van der Waals surface area contributed by atoms with E-state index in [0.717, 1.165) is 51.1 Å². The van der Waals surface area contributed by atoms with E-state index in [2.05, 4.69) is 92.2 Å². The Kier molecular flexibility index (Phi) is 10.4. The van der Waals surface area contributed by atoms with Crippen LogP contribution in [0, 0.1) is 5.92 Å². The molecule has 1 aromatic heterocycles. The second-order valence-electron chi connectivity index (χ2n) is 7.89. The van der Waals surface area contributed by atoms with Gasteiger partial charge in [0, 0.05) is 58.7 Å². The Balaban J connectivity index is 0.00000320. The number of guanidine groups is 1. The summed E-state index contributed by atoms with van der Waals surface area (Å²) in [6.07, 6.45) is 8.39. The molecule has 1 aliphatic rings. The van der Waals surface area contributed by atoms with Crippen LogP contribution in [-0.2, 0) is 13.1 Å². The Labute approximate surface area is 198 Å². The van der Waals surface area contributed by atoms with Gasteiger partial charge in [-0.05, 0) is 11.5 Å². The number of halogens is 1. The third-order valence-corrected chi connectivity index (χ3v) is 5.13. The van der Waals surface area contributed by atoms with Crippen molar-refractivity contribution < 1.29 is 0 Å². The van der Waals surface area contributed by atoms with E-state index in [9.17, 15) is 0 Å². The predicted octanol–water partition coefficient (Wildman–Crippen LogP) is 3.56. The number of hydrogen-bond acceptors (Lipinski definition) is 3. The second kappa shape index (κ2) is 12.7. The zero-order valence-corrected chi connectivity index (χ0v) is 20.7. The fourth-order valence-corrected chi connectivity index (χ4v) is 3.60. The first-order valence-corrected chi connectivity index (χ1v) is 10.5. The van der Waals surface area contributed by atoms with Crippen LogP contribution in [0.1, 0.15) is 25.2 Å². The molecule has 1 fully saturated rings. The molecule has 1 N–H and O–H groups in total. The smallest absolute Gasteiger partial charge is 0.194 e. The zero-order valence-electron chi connectivity index (χ0n) is 18.4. The van der Waals surface area contributed by atoms with E-state index in [1.807, 2.05) is 13.2 Å². The van der Waals surface area contributed by atoms with Gasteiger partial charge in [-0.3, -0.25) is 9.89 Å². The van der Waals surface area contributed by atoms with Crippen LogP contribution in [0.4, 0.5) is 0 Å². The lowest BCUT2D eigenvalue weighted by atomic mass is 10.2. The number of aromatic nitrogens is 2. The summed E-state index contributed by atoms with van der Waals surface area (Å²) >= 11 is 0. The van der Waals surface area contributed by atoms with E-state index in [1.165, 1.54) is 5.56 Å². The average Bonchev–Trinajstić information content (AvgIpc) is 3.16. The summed E-state index contributed by atoms with van der Waals surface area (Å²) < 4.78 is 2.22. The van der Waals surface area contributed by atoms with E-state index < -0.39 is 0 Å². The maximum atomic E-state index is 4.50. The lowest BCUT2D eigenvalue weighted by Crippen LogP contribution is -2.52. The van der Waals surface area contributed by atoms with Crippen molar-refractivity contribution >= 4 is 36.0 Å². The minimum Gasteiger partial charge on any atom is -0.349 e. The monoisotopic (exact) mass is 522 g/mol. The predicted molar refractivity (Wildman–Crippen MR) is 136 cm³/mol. The Morgan fingerprint density at radius 2 is 1.90 bits per heavy atom. The third kappa shape index (κ3) is 7.43. The highest BCUT2D eigenvalue weighted by Gasteiger charge is 2.19. The largest absolute Gasteiger partial charge is 0.349 e. The van der Waals surface area contributed by atoms with Crippen LogP contribution in [0.25, 0.3) is 6.08 Å². The molecule has 0 radical (unpaired) electrons. The van der Waals surface area contributed by atoms with Gasteiger partial charge in [0.25, 0.3) is 0 Å². The van der Waals surface area contributed by atoms with Crippen LogP contribution in [0.5, 0.6) is 0 Å². The first-order valence-electron chi connectivity index (χ1n) is 10.5. The molecular formula is C23H35IN6. The number of piperazine rings is 1. The fraction of sp³-hybridized carbons (Fsp3) is 0.478. The maximum absolute atomic E-state index is 4.50. The molecule has 7 heteroatoms. The summed E-state index contributed by atoms with van der Waals surface area (Å²) in [7, 11) is 1.86. The molecule has 1 saturated heterocycles. The van der Waals surface area contributed by atoms with Crippen molar-refractivity contribution in [1.82, 2.24) is 24.7 Å². The summed E-state index contributed by atoms with van der Waals surface area (Å²) in [6, 6.07) is 10.5. The van der Waals surface area contributed by atoms with E-state index in [0.29, 0.717) is 12.5 Å². The summed E-state index contributed by atoms with van der Waals surface area (Å²) in [6.45, 7) is 11.2. The number of hydrogen-bond donors (Lipinski definition) is 1. The van der Waals surface area contributed by atoms with Crippen molar-refractivity contribution in [3.63, 3.8) is 0 Å². The van der Waals surface area contributed by atoms with Crippen molar-refractivity contribution in [2.45, 2.75) is 26.9 Å². The van der Waals surface area contributed by atoms with Crippen molar-refractivity contribution in [3.8, 4) is 0 Å². The lowest BCUT2D eigenvalue weighted by molar-refractivity contribution is 0.194. The molecule has 0 atom stereocenters. The first kappa shape index (κ1) is 24.4. The van der Waals surface area contributed by atoms with Gasteiger partial charge in [0.05, 0.1) is 6.54 Å². The van der Waals surface area contributed by atoms with Gasteiger partial charge in [-0.1, -0.05) is 56.3 Å². The number of aliphatic imine (C=N–C) groups is 1. The zero-order chi connectivity index (χ0) is 20.5. The van der Waals surface area contributed by atoms with Gasteiger partial charge in [-0.2, -0.15) is 0 Å². The van der Waals surface area contributed by atoms with Crippen molar-refractivity contribution in [1.29, 1.82) is 0 Å². The molecule has 0 saturated carbocycles. The number of benzene rings is 1. The van der Waals surface area contributed by atoms with Crippen molar-refractivity contribution in [2.75, 3.05) is 39.8 Å². The van der Waals surface area contributed by atoms with Crippen LogP contribution >= 0.6 is 24.0 Å². The molecule has 3 rings (SSSR count). The second-order valence-corrected chi connectivity index (χ2v) is 7.89. The van der Waals surface area contributed by atoms with Crippen LogP contribution in [0.15, 0.2) is 53.8 Å². The van der Waals surface area contributed by atoms with Crippen LogP contribution < -0.4 is 5.32 Å². The molecular weight excluding hydrogens is 487 g/mol. The van der Waals surface area contributed by atoms with Gasteiger partial charge in [0.2, 0.25) is 0 Å². The molecule has 1 aromatic carbocycles. The van der Waals surface area contributed by atoms with Crippen LogP contribution in [0.3, 0.4) is 0 Å². The number of nitrogens with zero attached hydrogens (tertiary/aromatic N) is 5. The van der Waals surface area contributed by atoms with Crippen LogP contribution in [-0.4, -0.2) is 65.1 Å². The summed E-state index contributed by atoms with van der Waals surface area (Å²) in [5.74, 6) is 2.62. The maximum Gasteiger partial charge on any atom is 0.194 e. The highest BCUT2D eigenvalue weighted by Crippen LogP contribution is 2.07. The van der Waals surface area contributed by atoms with Gasteiger partial charge in [0.1, 0.15) is 5.82 Å². The molecule has 0 spiro atoms. The fourth-order valence-electron chi connectivity index (χ4n) is 3.60. The molecule has 2 heterocycles. The molecule has 30 heavy (non-hydrogen) atoms. The normalized spacial score (nSPS) is 15.6. The average molecular weight is 522 g/mol. The van der Waals surface area contributed by atoms with E-state index >= 15 is 0 Å². The Morgan fingerprint density at radius 1 is 1.17 bits per heavy atom. The quantitative estimate of drug-likeness (QED) is 0.343. The molecule has 1 aliphatic heterocycles. The Hall–Kier alpha value is -1.87. The minimum atomic E-state index is 0. The molecule has 164 valence electrons. The van der Waals surface area contributed by atoms with Crippen LogP contribution in [0.2, 0.25) is 0 Å². The standard InChI is InChI=1S/C23H34N6.HI/c1-20(2)19-29-13-11-25-22(29)18-26-23(24-3)28-16-14-27(15-17-28)12-7-10-21-8-5-4-6-9-21;/h4-11,13,20H,12,14-19H2,1-3H3,(H,24,26);1H/b10-7+;. The van der Waals surface area contributed by atoms with Gasteiger partial charge < -0.3 is 14.8 Å². The minimum absolute atomic E-state index is 0. The summed E-state index contributed by atoms with van der Waals surface area (Å²) in [5.41, 5.74) is 1.26. The van der Waals surface area contributed by atoms with Gasteiger partial charge in [-0.25, -0.2) is 4.98 Å². The summed E-state index contributed by atoms with van der Waals surface area (Å²) in [5, 5.41) is 3.49. The first-order chi connectivity index (χ1) is 14.2. The third-order valence-electron chi connectivity index (χ3n) is 5.13. The van der Waals surface area contributed by atoms with Gasteiger partial charge >= 0.3 is 0 Å². The Morgan fingerprint density at radius 3 is 2.57 bits per heavy atom. The molecule has 6 nitrogen and oxygen atoms in total. The number of imidazole rings is 1. The molecule has 0 bridgehead atoms. The number of nitrogens with one attached hydrogen (secondary N) is 1. The Bertz CT molecular complexity index is 791. The van der Waals surface area contributed by atoms with E-state index in [-0.39, 0.29) is 24.0 Å². The van der Waals surface area contributed by atoms with Crippen molar-refractivity contribution in [2.24, 2.45) is 10.9 Å². The molecule has 0 amide bonds. The summed E-state index contributed by atoms with van der Waals surface area (Å²) in [4.78, 5) is 13.8. The van der Waals surface area contributed by atoms with E-state index in [4.69, 9.17) is 0 Å². The lowest BCUT2D eigenvalue weighted by Gasteiger charge is -2.36. The van der Waals surface area contributed by atoms with E-state index in [1.54, 1.807) is 0 Å². The molecule has 0 unspecified atom stereocenters. The molecule has 2 aromatic rings. The SMILES string of the molecule is CN=C(NCc1nccn1CC(C)C)N1CCN(C/C=C/c2ccccc2)CC1.I. The van der Waals surface area contributed by atoms with Crippen molar-refractivity contribution in [3.05, 3.63) is 60.2 Å². The van der Waals surface area contributed by atoms with Gasteiger partial charge in [-0.15, -0.1) is 24.0 Å². The highest BCUT2D eigenvalue weighted by atomic mass is 127. The number of rotatable bonds is 7. The topological polar surface area (TPSA) is 48.7 Å².